The van der Waals surface area contributed by atoms with Gasteiger partial charge in [0.15, 0.2) is 11.4 Å². The molecule has 3 aromatic rings. The van der Waals surface area contributed by atoms with E-state index in [0.29, 0.717) is 22.3 Å². The van der Waals surface area contributed by atoms with E-state index >= 15 is 0 Å². The Hall–Kier alpha value is -2.99. The Balaban J connectivity index is 1.66. The number of hydrogen-bond acceptors (Lipinski definition) is 5. The highest BCUT2D eigenvalue weighted by atomic mass is 16.1. The molecule has 1 saturated heterocycles. The molecule has 0 spiro atoms. The maximum Gasteiger partial charge on any atom is 0.191 e. The van der Waals surface area contributed by atoms with E-state index in [1.807, 2.05) is 0 Å². The van der Waals surface area contributed by atoms with E-state index in [-0.39, 0.29) is 5.78 Å². The van der Waals surface area contributed by atoms with Crippen LogP contribution in [0.15, 0.2) is 48.8 Å². The fourth-order valence-electron chi connectivity index (χ4n) is 3.20. The molecule has 0 amide bonds. The molecule has 132 valence electrons. The second-order valence-electron chi connectivity index (χ2n) is 6.55. The highest BCUT2D eigenvalue weighted by molar-refractivity contribution is 6.14. The van der Waals surface area contributed by atoms with Gasteiger partial charge in [0.25, 0.3) is 0 Å². The summed E-state index contributed by atoms with van der Waals surface area (Å²) < 4.78 is 0. The number of allylic oxidation sites excluding steroid dienone is 1. The predicted octanol–water partition coefficient (Wildman–Crippen LogP) is 2.79. The van der Waals surface area contributed by atoms with Crippen LogP contribution in [0.25, 0.3) is 22.4 Å². The molecule has 0 saturated carbocycles. The van der Waals surface area contributed by atoms with Gasteiger partial charge in [0.1, 0.15) is 5.52 Å². The number of ketones is 1. The number of H-pyrrole nitrogens is 1. The molecule has 0 atom stereocenters. The summed E-state index contributed by atoms with van der Waals surface area (Å²) in [6.07, 6.45) is 3.38. The zero-order valence-electron chi connectivity index (χ0n) is 14.7. The van der Waals surface area contributed by atoms with Gasteiger partial charge in [0.05, 0.1) is 17.5 Å². The van der Waals surface area contributed by atoms with E-state index in [9.17, 15) is 4.79 Å². The first kappa shape index (κ1) is 16.5. The second kappa shape index (κ2) is 6.72. The van der Waals surface area contributed by atoms with Gasteiger partial charge in [-0.2, -0.15) is 0 Å². The number of anilines is 1. The fraction of sp³-hybridized carbons (Fsp3) is 0.250. The van der Waals surface area contributed by atoms with Crippen molar-refractivity contribution in [2.75, 3.05) is 31.1 Å². The summed E-state index contributed by atoms with van der Waals surface area (Å²) in [5.74, 6) is -0.114. The molecule has 26 heavy (non-hydrogen) atoms. The van der Waals surface area contributed by atoms with Gasteiger partial charge in [-0.05, 0) is 24.6 Å². The van der Waals surface area contributed by atoms with Crippen molar-refractivity contribution in [1.29, 1.82) is 0 Å². The van der Waals surface area contributed by atoms with Gasteiger partial charge in [-0.15, -0.1) is 0 Å². The average Bonchev–Trinajstić information content (AvgIpc) is 3.11. The lowest BCUT2D eigenvalue weighted by Crippen LogP contribution is -2.43. The quantitative estimate of drug-likeness (QED) is 0.561. The number of nitrogens with one attached hydrogen (secondary N) is 2. The number of hydrogen-bond donors (Lipinski definition) is 2. The Morgan fingerprint density at radius 3 is 2.62 bits per heavy atom. The molecule has 1 aliphatic heterocycles. The fourth-order valence-corrected chi connectivity index (χ4v) is 3.20. The number of fused-ring (bicyclic) bond motifs is 1. The summed E-state index contributed by atoms with van der Waals surface area (Å²) in [6.45, 7) is 9.48. The Kier molecular flexibility index (Phi) is 4.26. The third kappa shape index (κ3) is 2.99. The molecule has 0 aliphatic carbocycles. The lowest BCUT2D eigenvalue weighted by molar-refractivity contribution is 0.103. The van der Waals surface area contributed by atoms with Gasteiger partial charge in [0.2, 0.25) is 0 Å². The van der Waals surface area contributed by atoms with Crippen LogP contribution in [-0.4, -0.2) is 46.9 Å². The minimum absolute atomic E-state index is 0.114. The number of aromatic amines is 1. The molecule has 2 N–H and O–H groups in total. The van der Waals surface area contributed by atoms with E-state index in [0.717, 1.165) is 37.4 Å². The average molecular weight is 347 g/mol. The topological polar surface area (TPSA) is 73.9 Å². The van der Waals surface area contributed by atoms with Crippen LogP contribution in [0.3, 0.4) is 0 Å². The molecule has 2 aromatic heterocycles. The molecule has 6 heteroatoms. The van der Waals surface area contributed by atoms with Gasteiger partial charge >= 0.3 is 0 Å². The van der Waals surface area contributed by atoms with Crippen LogP contribution in [0.4, 0.5) is 5.69 Å². The lowest BCUT2D eigenvalue weighted by Gasteiger charge is -2.29. The summed E-state index contributed by atoms with van der Waals surface area (Å²) in [4.78, 5) is 26.7. The molecular formula is C20H21N5O. The van der Waals surface area contributed by atoms with E-state index in [2.05, 4.69) is 56.0 Å². The Morgan fingerprint density at radius 1 is 1.19 bits per heavy atom. The normalized spacial score (nSPS) is 14.6. The van der Waals surface area contributed by atoms with Crippen molar-refractivity contribution in [2.24, 2.45) is 0 Å². The first-order valence-electron chi connectivity index (χ1n) is 8.74. The van der Waals surface area contributed by atoms with Gasteiger partial charge in [0, 0.05) is 43.6 Å². The molecule has 1 aromatic carbocycles. The van der Waals surface area contributed by atoms with Crippen LogP contribution >= 0.6 is 0 Å². The molecular weight excluding hydrogens is 326 g/mol. The van der Waals surface area contributed by atoms with Crippen molar-refractivity contribution in [3.05, 3.63) is 54.4 Å². The number of carbonyl (C=O) groups excluding carboxylic acids is 1. The molecule has 1 fully saturated rings. The van der Waals surface area contributed by atoms with Crippen LogP contribution in [0.5, 0.6) is 0 Å². The van der Waals surface area contributed by atoms with Crippen LogP contribution in [-0.2, 0) is 0 Å². The van der Waals surface area contributed by atoms with E-state index in [1.165, 1.54) is 5.69 Å². The summed E-state index contributed by atoms with van der Waals surface area (Å²) in [6, 6.07) is 8.34. The van der Waals surface area contributed by atoms with Crippen LogP contribution in [0.1, 0.15) is 17.3 Å². The van der Waals surface area contributed by atoms with E-state index in [4.69, 9.17) is 0 Å². The number of carbonyl (C=O) groups is 1. The number of rotatable bonds is 4. The number of benzene rings is 1. The summed E-state index contributed by atoms with van der Waals surface area (Å²) in [5, 5.41) is 3.36. The standard InChI is InChI=1S/C20H21N5O/c1-13(2)19(26)16-11-22-20-18(16)24-17(12-23-20)14-3-5-15(6-4-14)25-9-7-21-8-10-25/h3-6,11-12,21H,1,7-10H2,2H3,(H,22,23). The van der Waals surface area contributed by atoms with Crippen molar-refractivity contribution < 1.29 is 4.79 Å². The number of Topliss-reactive ketones (excluding diaryl/α,β-unsaturated/α-hetero) is 1. The number of nitrogens with zero attached hydrogens (tertiary/aromatic N) is 3. The molecule has 1 aliphatic rings. The van der Waals surface area contributed by atoms with E-state index in [1.54, 1.807) is 19.3 Å². The van der Waals surface area contributed by atoms with Crippen LogP contribution < -0.4 is 10.2 Å². The van der Waals surface area contributed by atoms with Gasteiger partial charge in [-0.3, -0.25) is 4.79 Å². The third-order valence-corrected chi connectivity index (χ3v) is 4.66. The second-order valence-corrected chi connectivity index (χ2v) is 6.55. The zero-order valence-corrected chi connectivity index (χ0v) is 14.7. The highest BCUT2D eigenvalue weighted by Crippen LogP contribution is 2.25. The zero-order chi connectivity index (χ0) is 18.1. The summed E-state index contributed by atoms with van der Waals surface area (Å²) >= 11 is 0. The van der Waals surface area contributed by atoms with Crippen molar-refractivity contribution in [2.45, 2.75) is 6.92 Å². The SMILES string of the molecule is C=C(C)C(=O)c1c[nH]c2ncc(-c3ccc(N4CCNCC4)cc3)nc12. The van der Waals surface area contributed by atoms with E-state index < -0.39 is 0 Å². The van der Waals surface area contributed by atoms with Crippen molar-refractivity contribution >= 4 is 22.6 Å². The molecule has 6 nitrogen and oxygen atoms in total. The predicted molar refractivity (Wildman–Crippen MR) is 104 cm³/mol. The smallest absolute Gasteiger partial charge is 0.191 e. The molecule has 0 bridgehead atoms. The first-order valence-corrected chi connectivity index (χ1v) is 8.74. The summed E-state index contributed by atoms with van der Waals surface area (Å²) in [7, 11) is 0. The molecule has 3 heterocycles. The molecule has 4 rings (SSSR count). The van der Waals surface area contributed by atoms with Gasteiger partial charge < -0.3 is 15.2 Å². The monoisotopic (exact) mass is 347 g/mol. The highest BCUT2D eigenvalue weighted by Gasteiger charge is 2.16. The minimum Gasteiger partial charge on any atom is -0.369 e. The minimum atomic E-state index is -0.114. The van der Waals surface area contributed by atoms with Crippen molar-refractivity contribution in [1.82, 2.24) is 20.3 Å². The maximum absolute atomic E-state index is 12.3. The summed E-state index contributed by atoms with van der Waals surface area (Å²) in [5.41, 5.74) is 5.13. The largest absolute Gasteiger partial charge is 0.369 e. The Morgan fingerprint density at radius 2 is 1.92 bits per heavy atom. The number of piperazine rings is 1. The molecule has 0 unspecified atom stereocenters. The number of aromatic nitrogens is 3. The first-order chi connectivity index (χ1) is 12.6. The molecule has 0 radical (unpaired) electrons. The lowest BCUT2D eigenvalue weighted by atomic mass is 10.1. The maximum atomic E-state index is 12.3. The Bertz CT molecular complexity index is 968. The Labute approximate surface area is 152 Å². The van der Waals surface area contributed by atoms with Gasteiger partial charge in [-0.25, -0.2) is 9.97 Å². The van der Waals surface area contributed by atoms with Crippen LogP contribution in [0.2, 0.25) is 0 Å². The van der Waals surface area contributed by atoms with Crippen molar-refractivity contribution in [3.8, 4) is 11.3 Å². The van der Waals surface area contributed by atoms with Crippen molar-refractivity contribution in [3.63, 3.8) is 0 Å². The van der Waals surface area contributed by atoms with Crippen LogP contribution in [0, 0.1) is 0 Å². The van der Waals surface area contributed by atoms with Gasteiger partial charge in [-0.1, -0.05) is 18.7 Å². The third-order valence-electron chi connectivity index (χ3n) is 4.66.